The van der Waals surface area contributed by atoms with E-state index in [2.05, 4.69) is 0 Å². The van der Waals surface area contributed by atoms with Crippen LogP contribution >= 0.6 is 0 Å². The van der Waals surface area contributed by atoms with Crippen molar-refractivity contribution in [3.63, 3.8) is 0 Å². The van der Waals surface area contributed by atoms with E-state index in [0.29, 0.717) is 0 Å². The summed E-state index contributed by atoms with van der Waals surface area (Å²) in [5, 5.41) is 21.2. The molecule has 1 spiro atoms. The van der Waals surface area contributed by atoms with Crippen molar-refractivity contribution >= 4 is 17.9 Å². The van der Waals surface area contributed by atoms with Crippen molar-refractivity contribution in [1.82, 2.24) is 0 Å². The highest BCUT2D eigenvalue weighted by atomic mass is 16.7. The number of aliphatic hydroxyl groups is 2. The fourth-order valence-electron chi connectivity index (χ4n) is 3.31. The van der Waals surface area contributed by atoms with Crippen molar-refractivity contribution in [1.29, 1.82) is 0 Å². The predicted molar refractivity (Wildman–Crippen MR) is 67.9 cm³/mol. The summed E-state index contributed by atoms with van der Waals surface area (Å²) in [5.74, 6) is -2.81. The Bertz CT molecular complexity index is 564. The third-order valence-electron chi connectivity index (χ3n) is 5.00. The number of carbonyl (C=O) groups is 3. The number of hydrogen-bond acceptors (Lipinski definition) is 8. The Labute approximate surface area is 126 Å². The first-order chi connectivity index (χ1) is 10.0. The fourth-order valence-corrected chi connectivity index (χ4v) is 3.31. The van der Waals surface area contributed by atoms with E-state index < -0.39 is 59.3 Å². The van der Waals surface area contributed by atoms with Gasteiger partial charge in [-0.25, -0.2) is 4.79 Å². The molecule has 0 radical (unpaired) electrons. The van der Waals surface area contributed by atoms with E-state index in [1.165, 1.54) is 0 Å². The van der Waals surface area contributed by atoms with Gasteiger partial charge in [-0.15, -0.1) is 0 Å². The Morgan fingerprint density at radius 3 is 2.36 bits per heavy atom. The molecule has 3 aliphatic heterocycles. The highest BCUT2D eigenvalue weighted by molar-refractivity contribution is 5.94. The standard InChI is InChI=1S/C14H18O8/c1-12(2,3)14(19)4-6-13(5-7(15)20-6)8(16)9(17)21-11(14)22-10(13)18/h6,8,11,16,19H,4-5H2,1-3H3/t6-,8-,11-,13+,14?/m0/s1. The van der Waals surface area contributed by atoms with Crippen molar-refractivity contribution in [3.8, 4) is 0 Å². The van der Waals surface area contributed by atoms with Crippen molar-refractivity contribution in [3.05, 3.63) is 0 Å². The largest absolute Gasteiger partial charge is 0.461 e. The topological polar surface area (TPSA) is 119 Å². The molecular formula is C14H18O8. The van der Waals surface area contributed by atoms with Crippen LogP contribution in [-0.4, -0.2) is 52.2 Å². The molecule has 122 valence electrons. The molecule has 2 bridgehead atoms. The van der Waals surface area contributed by atoms with Gasteiger partial charge >= 0.3 is 17.9 Å². The average molecular weight is 314 g/mol. The molecule has 0 aromatic carbocycles. The molecule has 8 nitrogen and oxygen atoms in total. The van der Waals surface area contributed by atoms with Crippen LogP contribution in [0.2, 0.25) is 0 Å². The summed E-state index contributed by atoms with van der Waals surface area (Å²) in [7, 11) is 0. The van der Waals surface area contributed by atoms with Crippen LogP contribution in [0, 0.1) is 10.8 Å². The molecule has 3 rings (SSSR count). The van der Waals surface area contributed by atoms with Crippen molar-refractivity contribution in [2.24, 2.45) is 10.8 Å². The van der Waals surface area contributed by atoms with Gasteiger partial charge in [-0.1, -0.05) is 20.8 Å². The summed E-state index contributed by atoms with van der Waals surface area (Å²) in [6.07, 6.45) is -5.25. The van der Waals surface area contributed by atoms with Crippen LogP contribution in [0.3, 0.4) is 0 Å². The summed E-state index contributed by atoms with van der Waals surface area (Å²) in [6, 6.07) is 0. The summed E-state index contributed by atoms with van der Waals surface area (Å²) < 4.78 is 15.3. The first-order valence-electron chi connectivity index (χ1n) is 7.04. The molecule has 0 aromatic heterocycles. The first-order valence-corrected chi connectivity index (χ1v) is 7.04. The minimum Gasteiger partial charge on any atom is -0.461 e. The monoisotopic (exact) mass is 314 g/mol. The minimum absolute atomic E-state index is 0.178. The lowest BCUT2D eigenvalue weighted by molar-refractivity contribution is -0.255. The lowest BCUT2D eigenvalue weighted by Crippen LogP contribution is -2.59. The quantitative estimate of drug-likeness (QED) is 0.561. The highest BCUT2D eigenvalue weighted by Crippen LogP contribution is 2.53. The number of aliphatic hydroxyl groups excluding tert-OH is 1. The van der Waals surface area contributed by atoms with Gasteiger partial charge in [-0.2, -0.15) is 0 Å². The highest BCUT2D eigenvalue weighted by Gasteiger charge is 2.71. The van der Waals surface area contributed by atoms with Crippen LogP contribution in [0.15, 0.2) is 0 Å². The van der Waals surface area contributed by atoms with E-state index in [1.54, 1.807) is 20.8 Å². The summed E-state index contributed by atoms with van der Waals surface area (Å²) >= 11 is 0. The number of fused-ring (bicyclic) bond motifs is 2. The van der Waals surface area contributed by atoms with Gasteiger partial charge in [0.05, 0.1) is 6.42 Å². The lowest BCUT2D eigenvalue weighted by atomic mass is 9.67. The molecule has 22 heavy (non-hydrogen) atoms. The van der Waals surface area contributed by atoms with Gasteiger partial charge < -0.3 is 24.4 Å². The molecule has 0 aliphatic carbocycles. The zero-order valence-corrected chi connectivity index (χ0v) is 12.5. The minimum atomic E-state index is -1.87. The molecule has 0 aromatic rings. The molecule has 3 aliphatic rings. The molecule has 0 saturated carbocycles. The third kappa shape index (κ3) is 1.67. The van der Waals surface area contributed by atoms with Crippen LogP contribution in [0.4, 0.5) is 0 Å². The van der Waals surface area contributed by atoms with Gasteiger partial charge in [0.2, 0.25) is 0 Å². The SMILES string of the molecule is CC(C)(C)C1(O)C[C@@H]2OC(=O)C[C@@]23C(=O)O[C@@H]1OC(=O)[C@@H]3O. The summed E-state index contributed by atoms with van der Waals surface area (Å²) in [5.41, 5.74) is -4.46. The molecule has 0 amide bonds. The second kappa shape index (κ2) is 4.20. The molecule has 5 atom stereocenters. The number of rotatable bonds is 0. The van der Waals surface area contributed by atoms with Crippen LogP contribution < -0.4 is 0 Å². The van der Waals surface area contributed by atoms with E-state index in [9.17, 15) is 24.6 Å². The maximum Gasteiger partial charge on any atom is 0.339 e. The molecule has 3 heterocycles. The Morgan fingerprint density at radius 2 is 1.77 bits per heavy atom. The Balaban J connectivity index is 2.20. The number of hydrogen-bond donors (Lipinski definition) is 2. The van der Waals surface area contributed by atoms with E-state index in [-0.39, 0.29) is 6.42 Å². The molecule has 8 heteroatoms. The maximum absolute atomic E-state index is 12.5. The van der Waals surface area contributed by atoms with Gasteiger partial charge in [-0.3, -0.25) is 9.59 Å². The molecule has 2 N–H and O–H groups in total. The molecule has 3 fully saturated rings. The van der Waals surface area contributed by atoms with Crippen molar-refractivity contribution < 1.29 is 38.8 Å². The van der Waals surface area contributed by atoms with Crippen molar-refractivity contribution in [2.75, 3.05) is 0 Å². The van der Waals surface area contributed by atoms with Crippen molar-refractivity contribution in [2.45, 2.75) is 57.7 Å². The van der Waals surface area contributed by atoms with Gasteiger partial charge in [0.1, 0.15) is 11.7 Å². The Hall–Kier alpha value is -1.67. The van der Waals surface area contributed by atoms with Crippen LogP contribution in [-0.2, 0) is 28.6 Å². The average Bonchev–Trinajstić information content (AvgIpc) is 2.63. The Kier molecular flexibility index (Phi) is 2.91. The maximum atomic E-state index is 12.5. The van der Waals surface area contributed by atoms with Gasteiger partial charge in [0.15, 0.2) is 11.5 Å². The third-order valence-corrected chi connectivity index (χ3v) is 5.00. The molecule has 1 unspecified atom stereocenters. The zero-order chi connectivity index (χ0) is 16.5. The van der Waals surface area contributed by atoms with Crippen LogP contribution in [0.25, 0.3) is 0 Å². The van der Waals surface area contributed by atoms with Gasteiger partial charge in [-0.05, 0) is 5.41 Å². The van der Waals surface area contributed by atoms with E-state index >= 15 is 0 Å². The zero-order valence-electron chi connectivity index (χ0n) is 12.5. The van der Waals surface area contributed by atoms with Crippen LogP contribution in [0.5, 0.6) is 0 Å². The molecule has 3 saturated heterocycles. The first kappa shape index (κ1) is 15.2. The number of carbonyl (C=O) groups excluding carboxylic acids is 3. The fraction of sp³-hybridized carbons (Fsp3) is 0.786. The normalized spacial score (nSPS) is 44.6. The molecular weight excluding hydrogens is 296 g/mol. The number of ether oxygens (including phenoxy) is 3. The summed E-state index contributed by atoms with van der Waals surface area (Å²) in [6.45, 7) is 5.05. The van der Waals surface area contributed by atoms with E-state index in [0.717, 1.165) is 0 Å². The van der Waals surface area contributed by atoms with Gasteiger partial charge in [0, 0.05) is 6.42 Å². The van der Waals surface area contributed by atoms with E-state index in [1.807, 2.05) is 0 Å². The van der Waals surface area contributed by atoms with Gasteiger partial charge in [0.25, 0.3) is 6.29 Å². The smallest absolute Gasteiger partial charge is 0.339 e. The Morgan fingerprint density at radius 1 is 1.14 bits per heavy atom. The lowest BCUT2D eigenvalue weighted by Gasteiger charge is -2.44. The van der Waals surface area contributed by atoms with E-state index in [4.69, 9.17) is 14.2 Å². The second-order valence-corrected chi connectivity index (χ2v) is 7.15. The van der Waals surface area contributed by atoms with Crippen LogP contribution in [0.1, 0.15) is 33.6 Å². The number of esters is 3. The predicted octanol–water partition coefficient (Wildman–Crippen LogP) is -0.744. The second-order valence-electron chi connectivity index (χ2n) is 7.15. The summed E-state index contributed by atoms with van der Waals surface area (Å²) in [4.78, 5) is 36.2.